The van der Waals surface area contributed by atoms with Crippen LogP contribution in [0.5, 0.6) is 0 Å². The molecule has 0 saturated heterocycles. The Morgan fingerprint density at radius 2 is 2.07 bits per heavy atom. The highest BCUT2D eigenvalue weighted by atomic mass is 32.2. The fraction of sp³-hybridized carbons (Fsp3) is 0.667. The molecule has 0 saturated carbocycles. The minimum absolute atomic E-state index is 0.0838. The van der Waals surface area contributed by atoms with Crippen molar-refractivity contribution in [2.45, 2.75) is 13.8 Å². The number of carbonyl (C=O) groups excluding carboxylic acids is 1. The molecule has 1 rings (SSSR count). The molecule has 0 unspecified atom stereocenters. The molecule has 0 bridgehead atoms. The van der Waals surface area contributed by atoms with Crippen molar-refractivity contribution in [1.82, 2.24) is 0 Å². The highest BCUT2D eigenvalue weighted by molar-refractivity contribution is 7.91. The summed E-state index contributed by atoms with van der Waals surface area (Å²) >= 11 is 0. The summed E-state index contributed by atoms with van der Waals surface area (Å²) in [4.78, 5) is 11.2. The molecule has 14 heavy (non-hydrogen) atoms. The van der Waals surface area contributed by atoms with Gasteiger partial charge >= 0.3 is 5.97 Å². The lowest BCUT2D eigenvalue weighted by Crippen LogP contribution is -2.32. The van der Waals surface area contributed by atoms with Gasteiger partial charge in [-0.3, -0.25) is 0 Å². The van der Waals surface area contributed by atoms with Gasteiger partial charge in [0.15, 0.2) is 9.84 Å². The van der Waals surface area contributed by atoms with Crippen LogP contribution >= 0.6 is 0 Å². The Balaban J connectivity index is 3.09. The van der Waals surface area contributed by atoms with Crippen LogP contribution in [0.3, 0.4) is 0 Å². The lowest BCUT2D eigenvalue weighted by atomic mass is 9.93. The summed E-state index contributed by atoms with van der Waals surface area (Å²) in [5.74, 6) is -0.676. The third-order valence-electron chi connectivity index (χ3n) is 1.98. The van der Waals surface area contributed by atoms with E-state index in [2.05, 4.69) is 4.74 Å². The van der Waals surface area contributed by atoms with E-state index in [4.69, 9.17) is 0 Å². The number of esters is 1. The summed E-state index contributed by atoms with van der Waals surface area (Å²) in [7, 11) is -1.92. The largest absolute Gasteiger partial charge is 0.466 e. The lowest BCUT2D eigenvalue weighted by molar-refractivity contribution is -0.136. The summed E-state index contributed by atoms with van der Waals surface area (Å²) in [6.45, 7) is 3.57. The van der Waals surface area contributed by atoms with Gasteiger partial charge in [0.1, 0.15) is 0 Å². The van der Waals surface area contributed by atoms with E-state index in [0.717, 1.165) is 0 Å². The molecule has 1 aliphatic rings. The first-order valence-corrected chi connectivity index (χ1v) is 6.08. The lowest BCUT2D eigenvalue weighted by Gasteiger charge is -2.26. The zero-order chi connectivity index (χ0) is 11.0. The maximum atomic E-state index is 11.4. The predicted octanol–water partition coefficient (Wildman–Crippen LogP) is 0.540. The fourth-order valence-corrected chi connectivity index (χ4v) is 3.65. The Morgan fingerprint density at radius 3 is 2.50 bits per heavy atom. The van der Waals surface area contributed by atoms with Crippen LogP contribution in [0.25, 0.3) is 0 Å². The van der Waals surface area contributed by atoms with Crippen molar-refractivity contribution >= 4 is 15.8 Å². The van der Waals surface area contributed by atoms with Gasteiger partial charge in [0.25, 0.3) is 0 Å². The number of hydrogen-bond acceptors (Lipinski definition) is 4. The molecule has 5 heteroatoms. The van der Waals surface area contributed by atoms with Crippen molar-refractivity contribution < 1.29 is 17.9 Å². The third kappa shape index (κ3) is 2.57. The van der Waals surface area contributed by atoms with Crippen molar-refractivity contribution in [3.05, 3.63) is 11.6 Å². The molecule has 0 N–H and O–H groups in total. The number of allylic oxidation sites excluding steroid dienone is 1. The van der Waals surface area contributed by atoms with E-state index < -0.39 is 21.2 Å². The van der Waals surface area contributed by atoms with E-state index in [9.17, 15) is 13.2 Å². The Morgan fingerprint density at radius 1 is 1.50 bits per heavy atom. The highest BCUT2D eigenvalue weighted by Gasteiger charge is 2.33. The molecule has 4 nitrogen and oxygen atoms in total. The van der Waals surface area contributed by atoms with Crippen molar-refractivity contribution in [3.8, 4) is 0 Å². The minimum atomic E-state index is -3.16. The molecule has 0 aromatic heterocycles. The molecule has 0 aromatic rings. The Bertz CT molecular complexity index is 376. The maximum Gasteiger partial charge on any atom is 0.334 e. The number of hydrogen-bond donors (Lipinski definition) is 0. The van der Waals surface area contributed by atoms with E-state index in [1.54, 1.807) is 19.9 Å². The van der Waals surface area contributed by atoms with E-state index in [0.29, 0.717) is 0 Å². The quantitative estimate of drug-likeness (QED) is 0.603. The van der Waals surface area contributed by atoms with Crippen LogP contribution in [-0.4, -0.2) is 33.0 Å². The first-order chi connectivity index (χ1) is 6.26. The van der Waals surface area contributed by atoms with Gasteiger partial charge < -0.3 is 4.74 Å². The standard InChI is InChI=1S/C9H14O4S/c1-9(2)4-7(8(10)13-3)5-14(11,12)6-9/h4H,5-6H2,1-3H3. The molecular weight excluding hydrogens is 204 g/mol. The summed E-state index contributed by atoms with van der Waals surface area (Å²) in [6.07, 6.45) is 1.68. The second-order valence-corrected chi connectivity index (χ2v) is 6.25. The fourth-order valence-electron chi connectivity index (χ4n) is 1.66. The monoisotopic (exact) mass is 218 g/mol. The first kappa shape index (κ1) is 11.2. The average molecular weight is 218 g/mol. The van der Waals surface area contributed by atoms with Crippen molar-refractivity contribution in [2.24, 2.45) is 5.41 Å². The van der Waals surface area contributed by atoms with Crippen LogP contribution in [0.1, 0.15) is 13.8 Å². The zero-order valence-electron chi connectivity index (χ0n) is 8.53. The molecule has 1 heterocycles. The molecule has 0 radical (unpaired) electrons. The van der Waals surface area contributed by atoms with Crippen LogP contribution in [0, 0.1) is 5.41 Å². The molecule has 1 aliphatic heterocycles. The molecule has 0 atom stereocenters. The van der Waals surface area contributed by atoms with Crippen molar-refractivity contribution in [3.63, 3.8) is 0 Å². The van der Waals surface area contributed by atoms with Gasteiger partial charge in [-0.05, 0) is 5.41 Å². The summed E-state index contributed by atoms with van der Waals surface area (Å²) < 4.78 is 27.4. The van der Waals surface area contributed by atoms with Crippen LogP contribution in [-0.2, 0) is 19.4 Å². The van der Waals surface area contributed by atoms with Crippen LogP contribution in [0.15, 0.2) is 11.6 Å². The van der Waals surface area contributed by atoms with Gasteiger partial charge in [-0.25, -0.2) is 13.2 Å². The second-order valence-electron chi connectivity index (χ2n) is 4.18. The number of ether oxygens (including phenoxy) is 1. The average Bonchev–Trinajstić information content (AvgIpc) is 1.97. The minimum Gasteiger partial charge on any atom is -0.466 e. The number of rotatable bonds is 1. The van der Waals surface area contributed by atoms with E-state index in [-0.39, 0.29) is 17.1 Å². The first-order valence-electron chi connectivity index (χ1n) is 4.26. The highest BCUT2D eigenvalue weighted by Crippen LogP contribution is 2.28. The molecule has 0 aliphatic carbocycles. The Hall–Kier alpha value is -0.840. The number of methoxy groups -OCH3 is 1. The van der Waals surface area contributed by atoms with Gasteiger partial charge in [0.05, 0.1) is 18.6 Å². The van der Waals surface area contributed by atoms with Gasteiger partial charge in [0.2, 0.25) is 0 Å². The Kier molecular flexibility index (Phi) is 2.71. The molecule has 0 aromatic carbocycles. The molecule has 80 valence electrons. The topological polar surface area (TPSA) is 60.4 Å². The smallest absolute Gasteiger partial charge is 0.334 e. The molecule has 0 fully saturated rings. The zero-order valence-corrected chi connectivity index (χ0v) is 9.35. The van der Waals surface area contributed by atoms with Crippen molar-refractivity contribution in [1.29, 1.82) is 0 Å². The van der Waals surface area contributed by atoms with Crippen LogP contribution in [0.2, 0.25) is 0 Å². The van der Waals surface area contributed by atoms with Gasteiger partial charge in [-0.2, -0.15) is 0 Å². The Labute approximate surface area is 83.9 Å². The molecule has 0 spiro atoms. The van der Waals surface area contributed by atoms with Crippen molar-refractivity contribution in [2.75, 3.05) is 18.6 Å². The van der Waals surface area contributed by atoms with Gasteiger partial charge in [-0.1, -0.05) is 19.9 Å². The van der Waals surface area contributed by atoms with Crippen LogP contribution < -0.4 is 0 Å². The third-order valence-corrected chi connectivity index (χ3v) is 3.91. The van der Waals surface area contributed by atoms with E-state index >= 15 is 0 Å². The normalized spacial score (nSPS) is 23.8. The van der Waals surface area contributed by atoms with E-state index in [1.165, 1.54) is 7.11 Å². The summed E-state index contributed by atoms with van der Waals surface area (Å²) in [5.41, 5.74) is -0.246. The molecular formula is C9H14O4S. The number of carbonyl (C=O) groups is 1. The van der Waals surface area contributed by atoms with Gasteiger partial charge in [-0.15, -0.1) is 0 Å². The molecule has 0 amide bonds. The van der Waals surface area contributed by atoms with Gasteiger partial charge in [0, 0.05) is 5.57 Å². The number of sulfone groups is 1. The predicted molar refractivity (Wildman–Crippen MR) is 52.5 cm³/mol. The summed E-state index contributed by atoms with van der Waals surface area (Å²) in [6, 6.07) is 0. The maximum absolute atomic E-state index is 11.4. The second kappa shape index (κ2) is 3.38. The van der Waals surface area contributed by atoms with Crippen LogP contribution in [0.4, 0.5) is 0 Å². The SMILES string of the molecule is COC(=O)C1=CC(C)(C)CS(=O)(=O)C1. The van der Waals surface area contributed by atoms with E-state index in [1.807, 2.05) is 0 Å². The summed E-state index contributed by atoms with van der Waals surface area (Å²) in [5, 5.41) is 0.